The minimum Gasteiger partial charge on any atom is -0.462 e. The second kappa shape index (κ2) is 6.43. The highest BCUT2D eigenvalue weighted by Gasteiger charge is 2.24. The molecule has 1 aromatic rings. The molecule has 3 N–H and O–H groups in total. The van der Waals surface area contributed by atoms with Gasteiger partial charge in [-0.2, -0.15) is 0 Å². The highest BCUT2D eigenvalue weighted by Crippen LogP contribution is 2.20. The van der Waals surface area contributed by atoms with Gasteiger partial charge in [-0.05, 0) is 19.4 Å². The lowest BCUT2D eigenvalue weighted by atomic mass is 10.1. The second-order valence-electron chi connectivity index (χ2n) is 5.04. The molecule has 7 nitrogen and oxygen atoms in total. The zero-order valence-corrected chi connectivity index (χ0v) is 12.3. The Balaban J connectivity index is 2.16. The van der Waals surface area contributed by atoms with Crippen LogP contribution in [0.1, 0.15) is 30.1 Å². The molecule has 21 heavy (non-hydrogen) atoms. The number of nitrogen functional groups attached to an aromatic ring is 1. The van der Waals surface area contributed by atoms with E-state index in [2.05, 4.69) is 10.3 Å². The summed E-state index contributed by atoms with van der Waals surface area (Å²) in [7, 11) is 1.76. The van der Waals surface area contributed by atoms with Crippen LogP contribution in [0.4, 0.5) is 11.5 Å². The maximum atomic E-state index is 12.0. The number of ether oxygens (including phenoxy) is 1. The van der Waals surface area contributed by atoms with Gasteiger partial charge in [-0.25, -0.2) is 9.78 Å². The first-order valence-electron chi connectivity index (χ1n) is 6.94. The van der Waals surface area contributed by atoms with Crippen LogP contribution >= 0.6 is 0 Å². The molecule has 1 aliphatic rings. The summed E-state index contributed by atoms with van der Waals surface area (Å²) in [4.78, 5) is 29.3. The Hall–Kier alpha value is -2.31. The summed E-state index contributed by atoms with van der Waals surface area (Å²) in [6.45, 7) is 2.60. The summed E-state index contributed by atoms with van der Waals surface area (Å²) < 4.78 is 5.01. The Morgan fingerprint density at radius 3 is 3.05 bits per heavy atom. The average Bonchev–Trinajstić information content (AvgIpc) is 2.45. The number of likely N-dealkylation sites (N-methyl/N-ethyl adjacent to an activating group) is 1. The molecular weight excluding hydrogens is 272 g/mol. The topological polar surface area (TPSA) is 97.5 Å². The van der Waals surface area contributed by atoms with Gasteiger partial charge in [0.25, 0.3) is 0 Å². The lowest BCUT2D eigenvalue weighted by Crippen LogP contribution is -2.43. The summed E-state index contributed by atoms with van der Waals surface area (Å²) in [5, 5.41) is 3.21. The van der Waals surface area contributed by atoms with Gasteiger partial charge in [0.1, 0.15) is 11.4 Å². The molecule has 0 spiro atoms. The quantitative estimate of drug-likeness (QED) is 0.799. The van der Waals surface area contributed by atoms with Crippen LogP contribution in [0.2, 0.25) is 0 Å². The van der Waals surface area contributed by atoms with Crippen molar-refractivity contribution in [2.75, 3.05) is 31.2 Å². The van der Waals surface area contributed by atoms with E-state index in [-0.39, 0.29) is 18.6 Å². The lowest BCUT2D eigenvalue weighted by Gasteiger charge is -2.30. The zero-order chi connectivity index (χ0) is 15.4. The second-order valence-corrected chi connectivity index (χ2v) is 5.04. The van der Waals surface area contributed by atoms with E-state index in [1.54, 1.807) is 24.9 Å². The summed E-state index contributed by atoms with van der Waals surface area (Å²) >= 11 is 0. The van der Waals surface area contributed by atoms with Crippen LogP contribution in [0.25, 0.3) is 0 Å². The number of rotatable bonds is 4. The van der Waals surface area contributed by atoms with Gasteiger partial charge < -0.3 is 20.7 Å². The van der Waals surface area contributed by atoms with E-state index in [0.717, 1.165) is 0 Å². The summed E-state index contributed by atoms with van der Waals surface area (Å²) in [5.41, 5.74) is 6.40. The molecule has 114 valence electrons. The average molecular weight is 292 g/mol. The van der Waals surface area contributed by atoms with Crippen LogP contribution in [0.15, 0.2) is 12.3 Å². The Bertz CT molecular complexity index is 547. The first-order valence-corrected chi connectivity index (χ1v) is 6.94. The van der Waals surface area contributed by atoms with Crippen LogP contribution < -0.4 is 11.1 Å². The summed E-state index contributed by atoms with van der Waals surface area (Å²) in [5.74, 6) is 0.111. The number of nitrogens with two attached hydrogens (primary N) is 1. The van der Waals surface area contributed by atoms with Crippen LogP contribution in [0.3, 0.4) is 0 Å². The molecule has 0 saturated carbocycles. The van der Waals surface area contributed by atoms with Crippen molar-refractivity contribution < 1.29 is 14.3 Å². The number of anilines is 2. The van der Waals surface area contributed by atoms with Gasteiger partial charge in [-0.3, -0.25) is 4.79 Å². The first-order chi connectivity index (χ1) is 10.0. The number of pyridine rings is 1. The molecule has 0 bridgehead atoms. The fourth-order valence-electron chi connectivity index (χ4n) is 2.28. The number of nitrogens with zero attached hydrogens (tertiary/aromatic N) is 2. The number of piperidine rings is 1. The fourth-order valence-corrected chi connectivity index (χ4v) is 2.28. The molecule has 1 unspecified atom stereocenters. The SMILES string of the molecule is CCOC(=O)c1cc(N)cnc1NC1CCC(=O)N(C)C1. The van der Waals surface area contributed by atoms with E-state index in [0.29, 0.717) is 36.5 Å². The largest absolute Gasteiger partial charge is 0.462 e. The van der Waals surface area contributed by atoms with Gasteiger partial charge >= 0.3 is 5.97 Å². The van der Waals surface area contributed by atoms with E-state index in [4.69, 9.17) is 10.5 Å². The maximum absolute atomic E-state index is 12.0. The standard InChI is InChI=1S/C14H20N4O3/c1-3-21-14(20)11-6-9(15)7-16-13(11)17-10-4-5-12(19)18(2)8-10/h6-7,10H,3-5,8,15H2,1-2H3,(H,16,17). The monoisotopic (exact) mass is 292 g/mol. The Kier molecular flexibility index (Phi) is 4.62. The van der Waals surface area contributed by atoms with E-state index in [1.807, 2.05) is 0 Å². The van der Waals surface area contributed by atoms with Crippen molar-refractivity contribution >= 4 is 23.4 Å². The molecule has 1 atom stereocenters. The van der Waals surface area contributed by atoms with Crippen molar-refractivity contribution in [1.29, 1.82) is 0 Å². The normalized spacial score (nSPS) is 18.5. The van der Waals surface area contributed by atoms with E-state index in [9.17, 15) is 9.59 Å². The Labute approximate surface area is 123 Å². The Morgan fingerprint density at radius 1 is 1.62 bits per heavy atom. The molecule has 1 fully saturated rings. The molecule has 0 aromatic carbocycles. The van der Waals surface area contributed by atoms with Gasteiger partial charge in [0, 0.05) is 26.1 Å². The zero-order valence-electron chi connectivity index (χ0n) is 12.3. The highest BCUT2D eigenvalue weighted by atomic mass is 16.5. The maximum Gasteiger partial charge on any atom is 0.341 e. The van der Waals surface area contributed by atoms with Crippen molar-refractivity contribution in [1.82, 2.24) is 9.88 Å². The number of nitrogens with one attached hydrogen (secondary N) is 1. The summed E-state index contributed by atoms with van der Waals surface area (Å²) in [6, 6.07) is 1.60. The van der Waals surface area contributed by atoms with Gasteiger partial charge in [0.2, 0.25) is 5.91 Å². The number of carbonyl (C=O) groups is 2. The minimum atomic E-state index is -0.458. The number of esters is 1. The smallest absolute Gasteiger partial charge is 0.341 e. The molecule has 7 heteroatoms. The molecule has 1 saturated heterocycles. The molecular formula is C14H20N4O3. The predicted octanol–water partition coefficient (Wildman–Crippen LogP) is 0.873. The third-order valence-electron chi connectivity index (χ3n) is 3.37. The van der Waals surface area contributed by atoms with Crippen molar-refractivity contribution in [3.63, 3.8) is 0 Å². The third-order valence-corrected chi connectivity index (χ3v) is 3.37. The van der Waals surface area contributed by atoms with Crippen molar-refractivity contribution in [3.8, 4) is 0 Å². The highest BCUT2D eigenvalue weighted by molar-refractivity contribution is 5.95. The third kappa shape index (κ3) is 3.62. The van der Waals surface area contributed by atoms with Gasteiger partial charge in [0.15, 0.2) is 0 Å². The van der Waals surface area contributed by atoms with Crippen molar-refractivity contribution in [3.05, 3.63) is 17.8 Å². The first kappa shape index (κ1) is 15.1. The molecule has 0 aliphatic carbocycles. The van der Waals surface area contributed by atoms with E-state index >= 15 is 0 Å². The van der Waals surface area contributed by atoms with Gasteiger partial charge in [-0.15, -0.1) is 0 Å². The number of aromatic nitrogens is 1. The van der Waals surface area contributed by atoms with Gasteiger partial charge in [0.05, 0.1) is 18.5 Å². The molecule has 0 radical (unpaired) electrons. The number of amides is 1. The van der Waals surface area contributed by atoms with Crippen LogP contribution in [0, 0.1) is 0 Å². The van der Waals surface area contributed by atoms with E-state index in [1.165, 1.54) is 6.20 Å². The molecule has 1 aliphatic heterocycles. The Morgan fingerprint density at radius 2 is 2.38 bits per heavy atom. The molecule has 1 aromatic heterocycles. The van der Waals surface area contributed by atoms with Gasteiger partial charge in [-0.1, -0.05) is 0 Å². The summed E-state index contributed by atoms with van der Waals surface area (Å²) in [6.07, 6.45) is 2.68. The minimum absolute atomic E-state index is 0.0528. The fraction of sp³-hybridized carbons (Fsp3) is 0.500. The molecule has 2 heterocycles. The van der Waals surface area contributed by atoms with Crippen LogP contribution in [-0.2, 0) is 9.53 Å². The number of likely N-dealkylation sites (tertiary alicyclic amines) is 1. The number of carbonyl (C=O) groups excluding carboxylic acids is 2. The van der Waals surface area contributed by atoms with Crippen LogP contribution in [-0.4, -0.2) is 48.0 Å². The predicted molar refractivity (Wildman–Crippen MR) is 78.9 cm³/mol. The van der Waals surface area contributed by atoms with Crippen molar-refractivity contribution in [2.45, 2.75) is 25.8 Å². The van der Waals surface area contributed by atoms with E-state index < -0.39 is 5.97 Å². The number of hydrogen-bond donors (Lipinski definition) is 2. The van der Waals surface area contributed by atoms with Crippen LogP contribution in [0.5, 0.6) is 0 Å². The number of hydrogen-bond acceptors (Lipinski definition) is 6. The molecule has 1 amide bonds. The van der Waals surface area contributed by atoms with Crippen molar-refractivity contribution in [2.24, 2.45) is 0 Å². The lowest BCUT2D eigenvalue weighted by molar-refractivity contribution is -0.132. The molecule has 2 rings (SSSR count).